The Hall–Kier alpha value is -1.90. The Morgan fingerprint density at radius 3 is 2.40 bits per heavy atom. The lowest BCUT2D eigenvalue weighted by molar-refractivity contribution is 0.365. The van der Waals surface area contributed by atoms with Gasteiger partial charge in [-0.3, -0.25) is 4.68 Å². The van der Waals surface area contributed by atoms with Crippen LogP contribution in [0, 0.1) is 0 Å². The molecule has 1 aromatic carbocycles. The smallest absolute Gasteiger partial charge is 0.219 e. The Kier molecular flexibility index (Phi) is 4.49. The van der Waals surface area contributed by atoms with Crippen molar-refractivity contribution in [2.75, 3.05) is 44.2 Å². The van der Waals surface area contributed by atoms with E-state index in [4.69, 9.17) is 0 Å². The average Bonchev–Trinajstić information content (AvgIpc) is 3.02. The molecule has 1 N–H and O–H groups in total. The van der Waals surface area contributed by atoms with E-state index in [1.807, 2.05) is 35.1 Å². The second-order valence-electron chi connectivity index (χ2n) is 6.57. The average molecular weight is 361 g/mol. The fraction of sp³-hybridized carbons (Fsp3) is 0.471. The molecule has 0 amide bonds. The normalized spacial score (nSPS) is 19.8. The number of hydrogen-bond donors (Lipinski definition) is 1. The van der Waals surface area contributed by atoms with Crippen LogP contribution in [-0.4, -0.2) is 67.0 Å². The van der Waals surface area contributed by atoms with Gasteiger partial charge in [-0.25, -0.2) is 8.42 Å². The number of nitrogens with zero attached hydrogens (tertiary/aromatic N) is 4. The first-order chi connectivity index (χ1) is 12.1. The highest BCUT2D eigenvalue weighted by molar-refractivity contribution is 7.89. The van der Waals surface area contributed by atoms with Gasteiger partial charge in [0.15, 0.2) is 5.82 Å². The molecule has 4 rings (SSSR count). The molecule has 3 heterocycles. The van der Waals surface area contributed by atoms with E-state index in [2.05, 4.69) is 27.4 Å². The zero-order chi connectivity index (χ0) is 17.3. The number of nitrogens with one attached hydrogen (secondary N) is 1. The largest absolute Gasteiger partial charge is 0.353 e. The van der Waals surface area contributed by atoms with Crippen molar-refractivity contribution in [2.24, 2.45) is 0 Å². The van der Waals surface area contributed by atoms with Gasteiger partial charge in [0.05, 0.1) is 6.54 Å². The number of benzene rings is 1. The van der Waals surface area contributed by atoms with Crippen molar-refractivity contribution in [2.45, 2.75) is 11.8 Å². The Labute approximate surface area is 148 Å². The second-order valence-corrected chi connectivity index (χ2v) is 8.78. The summed E-state index contributed by atoms with van der Waals surface area (Å²) in [5, 5.41) is 7.43. The molecule has 2 aromatic rings. The maximum Gasteiger partial charge on any atom is 0.219 e. The Balaban J connectivity index is 1.36. The van der Waals surface area contributed by atoms with E-state index >= 15 is 0 Å². The monoisotopic (exact) mass is 361 g/mol. The lowest BCUT2D eigenvalue weighted by Crippen LogP contribution is -2.59. The van der Waals surface area contributed by atoms with Crippen molar-refractivity contribution in [1.29, 1.82) is 0 Å². The minimum absolute atomic E-state index is 0.246. The third-order valence-corrected chi connectivity index (χ3v) is 7.16. The van der Waals surface area contributed by atoms with Gasteiger partial charge in [-0.2, -0.15) is 9.40 Å². The van der Waals surface area contributed by atoms with Crippen LogP contribution in [0.1, 0.15) is 5.56 Å². The first-order valence-electron chi connectivity index (χ1n) is 8.65. The van der Waals surface area contributed by atoms with Gasteiger partial charge in [-0.15, -0.1) is 0 Å². The van der Waals surface area contributed by atoms with Crippen LogP contribution < -0.4 is 10.2 Å². The molecule has 0 aliphatic carbocycles. The van der Waals surface area contributed by atoms with Gasteiger partial charge >= 0.3 is 0 Å². The molecule has 25 heavy (non-hydrogen) atoms. The Bertz CT molecular complexity index is 809. The summed E-state index contributed by atoms with van der Waals surface area (Å²) in [7, 11) is -3.15. The van der Waals surface area contributed by atoms with Gasteiger partial charge in [0.1, 0.15) is 5.25 Å². The molecule has 0 saturated carbocycles. The van der Waals surface area contributed by atoms with Crippen LogP contribution in [0.15, 0.2) is 42.6 Å². The van der Waals surface area contributed by atoms with Gasteiger partial charge in [-0.1, -0.05) is 30.3 Å². The maximum atomic E-state index is 12.5. The van der Waals surface area contributed by atoms with E-state index < -0.39 is 10.0 Å². The Morgan fingerprint density at radius 1 is 1.04 bits per heavy atom. The number of aromatic nitrogens is 2. The van der Waals surface area contributed by atoms with Crippen molar-refractivity contribution in [1.82, 2.24) is 19.4 Å². The molecule has 0 atom stereocenters. The predicted octanol–water partition coefficient (Wildman–Crippen LogP) is 0.355. The van der Waals surface area contributed by atoms with E-state index in [1.165, 1.54) is 5.56 Å². The summed E-state index contributed by atoms with van der Waals surface area (Å²) in [6, 6.07) is 12.2. The summed E-state index contributed by atoms with van der Waals surface area (Å²) in [6.45, 7) is 4.32. The molecule has 0 bridgehead atoms. The van der Waals surface area contributed by atoms with Crippen LogP contribution in [0.3, 0.4) is 0 Å². The van der Waals surface area contributed by atoms with E-state index in [0.29, 0.717) is 39.3 Å². The quantitative estimate of drug-likeness (QED) is 0.832. The summed E-state index contributed by atoms with van der Waals surface area (Å²) < 4.78 is 28.5. The summed E-state index contributed by atoms with van der Waals surface area (Å²) in [5.41, 5.74) is 1.21. The van der Waals surface area contributed by atoms with Gasteiger partial charge in [0, 0.05) is 51.5 Å². The second kappa shape index (κ2) is 6.78. The topological polar surface area (TPSA) is 70.5 Å². The first kappa shape index (κ1) is 16.6. The third-order valence-electron chi connectivity index (χ3n) is 4.90. The molecule has 2 aliphatic heterocycles. The molecule has 7 nitrogen and oxygen atoms in total. The fourth-order valence-corrected chi connectivity index (χ4v) is 4.98. The van der Waals surface area contributed by atoms with Crippen LogP contribution in [0.25, 0.3) is 0 Å². The molecule has 2 saturated heterocycles. The van der Waals surface area contributed by atoms with Gasteiger partial charge < -0.3 is 10.2 Å². The highest BCUT2D eigenvalue weighted by atomic mass is 32.2. The van der Waals surface area contributed by atoms with Crippen molar-refractivity contribution in [3.8, 4) is 0 Å². The molecule has 0 spiro atoms. The standard InChI is InChI=1S/C17H23N5O2S/c23-25(24,16-12-18-13-16)22-10-8-20(9-11-22)17-6-7-21(19-17)14-15-4-2-1-3-5-15/h1-7,16,18H,8-14H2. The number of anilines is 1. The van der Waals surface area contributed by atoms with Crippen LogP contribution in [0.5, 0.6) is 0 Å². The molecule has 1 aromatic heterocycles. The number of piperazine rings is 1. The highest BCUT2D eigenvalue weighted by Gasteiger charge is 2.37. The van der Waals surface area contributed by atoms with Gasteiger partial charge in [0.2, 0.25) is 10.0 Å². The first-order valence-corrected chi connectivity index (χ1v) is 10.2. The van der Waals surface area contributed by atoms with E-state index in [0.717, 1.165) is 12.4 Å². The molecule has 8 heteroatoms. The Morgan fingerprint density at radius 2 is 1.76 bits per heavy atom. The summed E-state index contributed by atoms with van der Waals surface area (Å²) in [4.78, 5) is 2.16. The third kappa shape index (κ3) is 3.42. The maximum absolute atomic E-state index is 12.5. The van der Waals surface area contributed by atoms with Crippen LogP contribution in [0.2, 0.25) is 0 Å². The molecule has 0 unspecified atom stereocenters. The summed E-state index contributed by atoms with van der Waals surface area (Å²) in [5.74, 6) is 0.915. The molecule has 0 radical (unpaired) electrons. The number of hydrogen-bond acceptors (Lipinski definition) is 5. The van der Waals surface area contributed by atoms with Crippen LogP contribution in [-0.2, 0) is 16.6 Å². The molecule has 2 fully saturated rings. The van der Waals surface area contributed by atoms with Crippen molar-refractivity contribution < 1.29 is 8.42 Å². The van der Waals surface area contributed by atoms with Crippen molar-refractivity contribution in [3.05, 3.63) is 48.2 Å². The molecule has 2 aliphatic rings. The molecular weight excluding hydrogens is 338 g/mol. The zero-order valence-corrected chi connectivity index (χ0v) is 14.9. The number of sulfonamides is 1. The molecular formula is C17H23N5O2S. The van der Waals surface area contributed by atoms with E-state index in [9.17, 15) is 8.42 Å². The predicted molar refractivity (Wildman–Crippen MR) is 97.1 cm³/mol. The van der Waals surface area contributed by atoms with Gasteiger partial charge in [-0.05, 0) is 5.56 Å². The lowest BCUT2D eigenvalue weighted by Gasteiger charge is -2.38. The van der Waals surface area contributed by atoms with Crippen LogP contribution in [0.4, 0.5) is 5.82 Å². The van der Waals surface area contributed by atoms with E-state index in [-0.39, 0.29) is 5.25 Å². The minimum atomic E-state index is -3.15. The number of rotatable bonds is 5. The zero-order valence-electron chi connectivity index (χ0n) is 14.1. The highest BCUT2D eigenvalue weighted by Crippen LogP contribution is 2.19. The van der Waals surface area contributed by atoms with E-state index in [1.54, 1.807) is 4.31 Å². The molecule has 134 valence electrons. The SMILES string of the molecule is O=S(=O)(C1CNC1)N1CCN(c2ccn(Cc3ccccc3)n2)CC1. The minimum Gasteiger partial charge on any atom is -0.353 e. The van der Waals surface area contributed by atoms with Crippen molar-refractivity contribution in [3.63, 3.8) is 0 Å². The van der Waals surface area contributed by atoms with Gasteiger partial charge in [0.25, 0.3) is 0 Å². The lowest BCUT2D eigenvalue weighted by atomic mass is 10.2. The summed E-state index contributed by atoms with van der Waals surface area (Å²) >= 11 is 0. The fourth-order valence-electron chi connectivity index (χ4n) is 3.23. The van der Waals surface area contributed by atoms with Crippen molar-refractivity contribution >= 4 is 15.8 Å². The summed E-state index contributed by atoms with van der Waals surface area (Å²) in [6.07, 6.45) is 1.98. The van der Waals surface area contributed by atoms with Crippen LogP contribution >= 0.6 is 0 Å².